The topological polar surface area (TPSA) is 71.3 Å². The van der Waals surface area contributed by atoms with E-state index in [4.69, 9.17) is 4.42 Å². The fourth-order valence-electron chi connectivity index (χ4n) is 3.63. The molecule has 0 unspecified atom stereocenters. The van der Waals surface area contributed by atoms with Crippen molar-refractivity contribution in [2.24, 2.45) is 0 Å². The van der Waals surface area contributed by atoms with Gasteiger partial charge < -0.3 is 15.1 Å². The molecular weight excluding hydrogens is 328 g/mol. The van der Waals surface area contributed by atoms with E-state index >= 15 is 0 Å². The molecule has 1 aliphatic rings. The zero-order chi connectivity index (χ0) is 18.3. The van der Waals surface area contributed by atoms with Crippen LogP contribution in [0.5, 0.6) is 0 Å². The van der Waals surface area contributed by atoms with Gasteiger partial charge in [0.1, 0.15) is 11.3 Å². The Labute approximate surface area is 151 Å². The monoisotopic (exact) mass is 348 g/mol. The van der Waals surface area contributed by atoms with Crippen molar-refractivity contribution in [1.29, 1.82) is 0 Å². The second-order valence-electron chi connectivity index (χ2n) is 6.71. The summed E-state index contributed by atoms with van der Waals surface area (Å²) in [4.78, 5) is 24.8. The van der Waals surface area contributed by atoms with Crippen LogP contribution in [0.4, 0.5) is 5.69 Å². The number of carbonyl (C=O) groups is 2. The zero-order valence-electron chi connectivity index (χ0n) is 14.7. The molecule has 0 saturated carbocycles. The van der Waals surface area contributed by atoms with Crippen molar-refractivity contribution < 1.29 is 14.0 Å². The normalized spacial score (nSPS) is 17.5. The highest BCUT2D eigenvalue weighted by molar-refractivity contribution is 6.01. The van der Waals surface area contributed by atoms with Crippen molar-refractivity contribution in [3.8, 4) is 0 Å². The van der Waals surface area contributed by atoms with Crippen LogP contribution in [-0.4, -0.2) is 11.8 Å². The van der Waals surface area contributed by atoms with Crippen molar-refractivity contribution in [3.05, 3.63) is 65.4 Å². The highest BCUT2D eigenvalue weighted by atomic mass is 16.3. The average molecular weight is 348 g/mol. The van der Waals surface area contributed by atoms with E-state index in [0.29, 0.717) is 5.69 Å². The fourth-order valence-corrected chi connectivity index (χ4v) is 3.63. The summed E-state index contributed by atoms with van der Waals surface area (Å²) in [5.74, 6) is -0.0590. The Hall–Kier alpha value is -3.08. The zero-order valence-corrected chi connectivity index (χ0v) is 14.7. The van der Waals surface area contributed by atoms with Gasteiger partial charge in [-0.2, -0.15) is 0 Å². The van der Waals surface area contributed by atoms with E-state index < -0.39 is 5.92 Å². The second-order valence-corrected chi connectivity index (χ2v) is 6.71. The molecule has 2 N–H and O–H groups in total. The molecule has 2 atom stereocenters. The number of hydrogen-bond donors (Lipinski definition) is 2. The fraction of sp³-hybridized carbons (Fsp3) is 0.238. The Kier molecular flexibility index (Phi) is 3.99. The molecule has 4 rings (SSSR count). The van der Waals surface area contributed by atoms with Crippen LogP contribution >= 0.6 is 0 Å². The molecule has 2 amide bonds. The maximum atomic E-state index is 12.9. The van der Waals surface area contributed by atoms with E-state index in [1.807, 2.05) is 62.4 Å². The lowest BCUT2D eigenvalue weighted by molar-refractivity contribution is -0.126. The van der Waals surface area contributed by atoms with E-state index in [1.165, 1.54) is 0 Å². The lowest BCUT2D eigenvalue weighted by Gasteiger charge is -2.26. The molecule has 0 bridgehead atoms. The maximum Gasteiger partial charge on any atom is 0.228 e. The standard InChI is InChI=1S/C21H20N2O3/c1-12-14-7-4-6-10-18(14)26-20(12)13(2)22-21(25)16-11-19(24)23-17-9-5-3-8-15(16)17/h3-10,13,16H,11H2,1-2H3,(H,22,25)(H,23,24)/t13-,16-/m0/s1. The first kappa shape index (κ1) is 16.4. The second kappa shape index (κ2) is 6.33. The third-order valence-corrected chi connectivity index (χ3v) is 4.95. The van der Waals surface area contributed by atoms with Crippen LogP contribution in [0.1, 0.15) is 42.2 Å². The van der Waals surface area contributed by atoms with E-state index in [1.54, 1.807) is 0 Å². The smallest absolute Gasteiger partial charge is 0.228 e. The Morgan fingerprint density at radius 2 is 1.92 bits per heavy atom. The van der Waals surface area contributed by atoms with E-state index in [0.717, 1.165) is 27.9 Å². The van der Waals surface area contributed by atoms with Gasteiger partial charge in [-0.15, -0.1) is 0 Å². The Balaban J connectivity index is 1.60. The minimum Gasteiger partial charge on any atom is -0.459 e. The summed E-state index contributed by atoms with van der Waals surface area (Å²) in [6, 6.07) is 15.0. The summed E-state index contributed by atoms with van der Waals surface area (Å²) in [7, 11) is 0. The first-order chi connectivity index (χ1) is 12.5. The number of anilines is 1. The van der Waals surface area contributed by atoms with Crippen molar-refractivity contribution in [2.45, 2.75) is 32.2 Å². The number of fused-ring (bicyclic) bond motifs is 2. The molecule has 2 heterocycles. The number of amides is 2. The van der Waals surface area contributed by atoms with E-state index in [2.05, 4.69) is 10.6 Å². The molecule has 0 fully saturated rings. The number of para-hydroxylation sites is 2. The van der Waals surface area contributed by atoms with Gasteiger partial charge in [0, 0.05) is 23.1 Å². The van der Waals surface area contributed by atoms with Crippen LogP contribution in [0.15, 0.2) is 52.9 Å². The molecule has 132 valence electrons. The third kappa shape index (κ3) is 2.75. The number of carbonyl (C=O) groups excluding carboxylic acids is 2. The van der Waals surface area contributed by atoms with Crippen molar-refractivity contribution in [3.63, 3.8) is 0 Å². The number of benzene rings is 2. The van der Waals surface area contributed by atoms with Crippen molar-refractivity contribution >= 4 is 28.5 Å². The van der Waals surface area contributed by atoms with Gasteiger partial charge in [-0.3, -0.25) is 9.59 Å². The summed E-state index contributed by atoms with van der Waals surface area (Å²) in [5, 5.41) is 6.88. The molecule has 1 aliphatic heterocycles. The van der Waals surface area contributed by atoms with Gasteiger partial charge in [-0.1, -0.05) is 36.4 Å². The van der Waals surface area contributed by atoms with Crippen LogP contribution < -0.4 is 10.6 Å². The minimum absolute atomic E-state index is 0.142. The predicted molar refractivity (Wildman–Crippen MR) is 99.9 cm³/mol. The lowest BCUT2D eigenvalue weighted by Crippen LogP contribution is -2.36. The molecule has 0 aliphatic carbocycles. The SMILES string of the molecule is Cc1c([C@H](C)NC(=O)[C@H]2CC(=O)Nc3ccccc32)oc2ccccc12. The van der Waals surface area contributed by atoms with Crippen LogP contribution in [0.2, 0.25) is 0 Å². The van der Waals surface area contributed by atoms with Gasteiger partial charge in [-0.05, 0) is 31.5 Å². The first-order valence-corrected chi connectivity index (χ1v) is 8.72. The predicted octanol–water partition coefficient (Wildman–Crippen LogP) is 4.04. The largest absolute Gasteiger partial charge is 0.459 e. The molecule has 1 aromatic heterocycles. The molecule has 3 aromatic rings. The summed E-state index contributed by atoms with van der Waals surface area (Å²) in [6.07, 6.45) is 0.147. The van der Waals surface area contributed by atoms with Crippen LogP contribution in [-0.2, 0) is 9.59 Å². The minimum atomic E-state index is -0.493. The molecular formula is C21H20N2O3. The number of hydrogen-bond acceptors (Lipinski definition) is 3. The maximum absolute atomic E-state index is 12.9. The number of rotatable bonds is 3. The molecule has 2 aromatic carbocycles. The average Bonchev–Trinajstić information content (AvgIpc) is 2.98. The van der Waals surface area contributed by atoms with Gasteiger partial charge in [0.2, 0.25) is 11.8 Å². The summed E-state index contributed by atoms with van der Waals surface area (Å²) >= 11 is 0. The van der Waals surface area contributed by atoms with Crippen LogP contribution in [0.3, 0.4) is 0 Å². The molecule has 0 saturated heterocycles. The Morgan fingerprint density at radius 3 is 2.73 bits per heavy atom. The number of nitrogens with one attached hydrogen (secondary N) is 2. The first-order valence-electron chi connectivity index (χ1n) is 8.72. The Morgan fingerprint density at radius 1 is 1.19 bits per heavy atom. The highest BCUT2D eigenvalue weighted by Crippen LogP contribution is 2.34. The molecule has 5 heteroatoms. The summed E-state index contributed by atoms with van der Waals surface area (Å²) in [5.41, 5.74) is 3.38. The molecule has 0 spiro atoms. The highest BCUT2D eigenvalue weighted by Gasteiger charge is 2.31. The third-order valence-electron chi connectivity index (χ3n) is 4.95. The van der Waals surface area contributed by atoms with Gasteiger partial charge >= 0.3 is 0 Å². The molecule has 0 radical (unpaired) electrons. The van der Waals surface area contributed by atoms with Crippen molar-refractivity contribution in [2.75, 3.05) is 5.32 Å². The number of aryl methyl sites for hydroxylation is 1. The van der Waals surface area contributed by atoms with Gasteiger partial charge in [-0.25, -0.2) is 0 Å². The summed E-state index contributed by atoms with van der Waals surface area (Å²) in [6.45, 7) is 3.89. The van der Waals surface area contributed by atoms with Gasteiger partial charge in [0.05, 0.1) is 12.0 Å². The van der Waals surface area contributed by atoms with Crippen LogP contribution in [0.25, 0.3) is 11.0 Å². The van der Waals surface area contributed by atoms with E-state index in [9.17, 15) is 9.59 Å². The van der Waals surface area contributed by atoms with Gasteiger partial charge in [0.15, 0.2) is 0 Å². The number of furan rings is 1. The van der Waals surface area contributed by atoms with E-state index in [-0.39, 0.29) is 24.3 Å². The molecule has 26 heavy (non-hydrogen) atoms. The van der Waals surface area contributed by atoms with Crippen molar-refractivity contribution in [1.82, 2.24) is 5.32 Å². The quantitative estimate of drug-likeness (QED) is 0.750. The lowest BCUT2D eigenvalue weighted by atomic mass is 9.89. The Bertz CT molecular complexity index is 1010. The molecule has 5 nitrogen and oxygen atoms in total. The van der Waals surface area contributed by atoms with Gasteiger partial charge in [0.25, 0.3) is 0 Å². The summed E-state index contributed by atoms with van der Waals surface area (Å²) < 4.78 is 5.95. The van der Waals surface area contributed by atoms with Crippen LogP contribution in [0, 0.1) is 6.92 Å².